The van der Waals surface area contributed by atoms with E-state index < -0.39 is 0 Å². The van der Waals surface area contributed by atoms with Crippen LogP contribution in [0.3, 0.4) is 0 Å². The molecular weight excluding hydrogens is 246 g/mol. The van der Waals surface area contributed by atoms with Crippen molar-refractivity contribution in [2.75, 3.05) is 6.54 Å². The Bertz CT molecular complexity index is 467. The van der Waals surface area contributed by atoms with Crippen LogP contribution >= 0.6 is 0 Å². The fraction of sp³-hybridized carbons (Fsp3) is 0.278. The largest absolute Gasteiger partial charge is 0.348 e. The summed E-state index contributed by atoms with van der Waals surface area (Å²) in [7, 11) is 0. The van der Waals surface area contributed by atoms with Crippen LogP contribution in [0.4, 0.5) is 0 Å². The summed E-state index contributed by atoms with van der Waals surface area (Å²) in [5, 5.41) is 2.89. The summed E-state index contributed by atoms with van der Waals surface area (Å²) >= 11 is 0. The van der Waals surface area contributed by atoms with Crippen molar-refractivity contribution in [2.24, 2.45) is 0 Å². The zero-order chi connectivity index (χ0) is 15.4. The van der Waals surface area contributed by atoms with Crippen LogP contribution in [0.1, 0.15) is 36.7 Å². The van der Waals surface area contributed by atoms with Gasteiger partial charge in [-0.25, -0.2) is 0 Å². The first kappa shape index (κ1) is 17.9. The lowest BCUT2D eigenvalue weighted by molar-refractivity contribution is 0.0957. The highest BCUT2D eigenvalue weighted by Crippen LogP contribution is 2.03. The molecule has 0 aromatic heterocycles. The number of carbonyl (C=O) groups is 1. The van der Waals surface area contributed by atoms with Crippen LogP contribution in [0.5, 0.6) is 0 Å². The second-order valence-electron chi connectivity index (χ2n) is 4.01. The zero-order valence-electron chi connectivity index (χ0n) is 12.9. The third kappa shape index (κ3) is 6.74. The Kier molecular flexibility index (Phi) is 9.67. The highest BCUT2D eigenvalue weighted by atomic mass is 16.1. The van der Waals surface area contributed by atoms with Gasteiger partial charge in [-0.05, 0) is 31.6 Å². The first-order valence-corrected chi connectivity index (χ1v) is 6.96. The number of aryl methyl sites for hydroxylation is 1. The molecule has 0 atom stereocenters. The first-order valence-electron chi connectivity index (χ1n) is 6.96. The van der Waals surface area contributed by atoms with E-state index in [9.17, 15) is 4.79 Å². The van der Waals surface area contributed by atoms with Gasteiger partial charge in [-0.15, -0.1) is 0 Å². The predicted octanol–water partition coefficient (Wildman–Crippen LogP) is 4.44. The number of amides is 1. The monoisotopic (exact) mass is 271 g/mol. The van der Waals surface area contributed by atoms with Crippen LogP contribution in [0, 0.1) is 6.92 Å². The summed E-state index contributed by atoms with van der Waals surface area (Å²) in [4.78, 5) is 11.9. The highest BCUT2D eigenvalue weighted by molar-refractivity contribution is 5.94. The number of hydrogen-bond donors (Lipinski definition) is 1. The molecule has 0 aliphatic rings. The van der Waals surface area contributed by atoms with Gasteiger partial charge in [0.25, 0.3) is 5.91 Å². The van der Waals surface area contributed by atoms with E-state index in [1.165, 1.54) is 0 Å². The minimum atomic E-state index is -0.0543. The summed E-state index contributed by atoms with van der Waals surface area (Å²) in [6, 6.07) is 7.53. The van der Waals surface area contributed by atoms with E-state index in [-0.39, 0.29) is 5.91 Å². The molecule has 20 heavy (non-hydrogen) atoms. The Morgan fingerprint density at radius 2 is 1.85 bits per heavy atom. The first-order chi connectivity index (χ1) is 9.67. The van der Waals surface area contributed by atoms with Crippen LogP contribution < -0.4 is 5.32 Å². The maximum Gasteiger partial charge on any atom is 0.251 e. The molecule has 2 heteroatoms. The van der Waals surface area contributed by atoms with E-state index in [1.807, 2.05) is 70.2 Å². The van der Waals surface area contributed by atoms with Crippen molar-refractivity contribution >= 4 is 5.91 Å². The molecule has 0 radical (unpaired) electrons. The number of benzene rings is 1. The van der Waals surface area contributed by atoms with Gasteiger partial charge < -0.3 is 5.32 Å². The summed E-state index contributed by atoms with van der Waals surface area (Å²) in [5.74, 6) is -0.0543. The lowest BCUT2D eigenvalue weighted by atomic mass is 10.1. The van der Waals surface area contributed by atoms with Crippen LogP contribution in [-0.2, 0) is 0 Å². The van der Waals surface area contributed by atoms with E-state index in [1.54, 1.807) is 6.08 Å². The van der Waals surface area contributed by atoms with Gasteiger partial charge in [0.15, 0.2) is 0 Å². The van der Waals surface area contributed by atoms with Crippen LogP contribution in [0.2, 0.25) is 0 Å². The fourth-order valence-corrected chi connectivity index (χ4v) is 1.44. The molecule has 0 saturated heterocycles. The Hall–Kier alpha value is -2.09. The fourth-order valence-electron chi connectivity index (χ4n) is 1.44. The SMILES string of the molecule is C=C/C=C\C(=C/C)CNC(=O)c1ccc(C)cc1.CC. The topological polar surface area (TPSA) is 29.1 Å². The standard InChI is InChI=1S/C16H19NO.C2H6/c1-4-6-7-14(5-2)12-17-16(18)15-10-8-13(3)9-11-15;1-2/h4-11H,1,12H2,2-3H3,(H,17,18);1-2H3/b7-6-,14-5+;. The predicted molar refractivity (Wildman–Crippen MR) is 88.0 cm³/mol. The van der Waals surface area contributed by atoms with Crippen LogP contribution in [-0.4, -0.2) is 12.5 Å². The normalized spacial score (nSPS) is 10.7. The van der Waals surface area contributed by atoms with Crippen molar-refractivity contribution in [1.82, 2.24) is 5.32 Å². The molecule has 0 unspecified atom stereocenters. The van der Waals surface area contributed by atoms with Crippen LogP contribution in [0.15, 0.2) is 60.7 Å². The van der Waals surface area contributed by atoms with Crippen molar-refractivity contribution in [3.05, 3.63) is 71.8 Å². The average molecular weight is 271 g/mol. The molecular formula is C18H25NO. The summed E-state index contributed by atoms with van der Waals surface area (Å²) in [6.45, 7) is 12.1. The third-order valence-electron chi connectivity index (χ3n) is 2.58. The summed E-state index contributed by atoms with van der Waals surface area (Å²) < 4.78 is 0. The number of rotatable bonds is 5. The van der Waals surface area contributed by atoms with E-state index in [0.29, 0.717) is 12.1 Å². The van der Waals surface area contributed by atoms with Gasteiger partial charge in [-0.1, -0.05) is 62.4 Å². The van der Waals surface area contributed by atoms with Gasteiger partial charge in [0.2, 0.25) is 0 Å². The van der Waals surface area contributed by atoms with Gasteiger partial charge in [0.1, 0.15) is 0 Å². The lowest BCUT2D eigenvalue weighted by Crippen LogP contribution is -2.25. The van der Waals surface area contributed by atoms with Crippen LogP contribution in [0.25, 0.3) is 0 Å². The Morgan fingerprint density at radius 1 is 1.25 bits per heavy atom. The molecule has 1 aromatic carbocycles. The van der Waals surface area contributed by atoms with Gasteiger partial charge in [0.05, 0.1) is 0 Å². The number of nitrogens with one attached hydrogen (secondary N) is 1. The molecule has 1 aromatic rings. The maximum atomic E-state index is 11.9. The number of carbonyl (C=O) groups excluding carboxylic acids is 1. The second-order valence-corrected chi connectivity index (χ2v) is 4.01. The molecule has 1 rings (SSSR count). The van der Waals surface area contributed by atoms with Gasteiger partial charge >= 0.3 is 0 Å². The van der Waals surface area contributed by atoms with Gasteiger partial charge in [0, 0.05) is 12.1 Å². The molecule has 1 N–H and O–H groups in total. The van der Waals surface area contributed by atoms with Crippen molar-refractivity contribution in [1.29, 1.82) is 0 Å². The molecule has 0 aliphatic carbocycles. The van der Waals surface area contributed by atoms with Gasteiger partial charge in [-0.2, -0.15) is 0 Å². The Labute approximate surface area is 122 Å². The molecule has 108 valence electrons. The number of hydrogen-bond acceptors (Lipinski definition) is 1. The molecule has 0 aliphatic heterocycles. The van der Waals surface area contributed by atoms with E-state index in [0.717, 1.165) is 11.1 Å². The van der Waals surface area contributed by atoms with Crippen molar-refractivity contribution in [3.8, 4) is 0 Å². The number of allylic oxidation sites excluding steroid dienone is 3. The lowest BCUT2D eigenvalue weighted by Gasteiger charge is -2.06. The van der Waals surface area contributed by atoms with Crippen molar-refractivity contribution in [2.45, 2.75) is 27.7 Å². The summed E-state index contributed by atoms with van der Waals surface area (Å²) in [5.41, 5.74) is 2.88. The Morgan fingerprint density at radius 3 is 2.35 bits per heavy atom. The molecule has 0 fully saturated rings. The maximum absolute atomic E-state index is 11.9. The summed E-state index contributed by atoms with van der Waals surface area (Å²) in [6.07, 6.45) is 7.47. The third-order valence-corrected chi connectivity index (χ3v) is 2.58. The quantitative estimate of drug-likeness (QED) is 0.788. The minimum Gasteiger partial charge on any atom is -0.348 e. The minimum absolute atomic E-state index is 0.0543. The van der Waals surface area contributed by atoms with E-state index in [2.05, 4.69) is 11.9 Å². The average Bonchev–Trinajstić information content (AvgIpc) is 2.50. The zero-order valence-corrected chi connectivity index (χ0v) is 12.9. The van der Waals surface area contributed by atoms with Crippen molar-refractivity contribution < 1.29 is 4.79 Å². The smallest absolute Gasteiger partial charge is 0.251 e. The molecule has 0 saturated carbocycles. The molecule has 0 spiro atoms. The molecule has 0 bridgehead atoms. The van der Waals surface area contributed by atoms with E-state index >= 15 is 0 Å². The van der Waals surface area contributed by atoms with Gasteiger partial charge in [-0.3, -0.25) is 4.79 Å². The highest BCUT2D eigenvalue weighted by Gasteiger charge is 2.04. The molecule has 2 nitrogen and oxygen atoms in total. The van der Waals surface area contributed by atoms with Crippen molar-refractivity contribution in [3.63, 3.8) is 0 Å². The second kappa shape index (κ2) is 10.8. The Balaban J connectivity index is 0.00000172. The van der Waals surface area contributed by atoms with E-state index in [4.69, 9.17) is 0 Å². The molecule has 1 amide bonds. The molecule has 0 heterocycles.